The van der Waals surface area contributed by atoms with Gasteiger partial charge in [0, 0.05) is 17.5 Å². The summed E-state index contributed by atoms with van der Waals surface area (Å²) in [6.07, 6.45) is 2.33. The van der Waals surface area contributed by atoms with Crippen LogP contribution in [0.2, 0.25) is 0 Å². The van der Waals surface area contributed by atoms with Crippen molar-refractivity contribution in [3.05, 3.63) is 10.6 Å². The quantitative estimate of drug-likeness (QED) is 0.820. The van der Waals surface area contributed by atoms with Gasteiger partial charge in [-0.25, -0.2) is 13.4 Å². The van der Waals surface area contributed by atoms with Gasteiger partial charge in [0.2, 0.25) is 10.0 Å². The predicted octanol–water partition coefficient (Wildman–Crippen LogP) is 1.25. The van der Waals surface area contributed by atoms with Crippen molar-refractivity contribution in [3.8, 4) is 0 Å². The fourth-order valence-corrected chi connectivity index (χ4v) is 3.40. The number of aryl methyl sites for hydroxylation is 2. The number of nitrogens with one attached hydrogen (secondary N) is 2. The van der Waals surface area contributed by atoms with Gasteiger partial charge in [-0.3, -0.25) is 4.72 Å². The first-order chi connectivity index (χ1) is 7.96. The van der Waals surface area contributed by atoms with Crippen LogP contribution in [0, 0.1) is 13.8 Å². The number of hydrogen-bond acceptors (Lipinski definition) is 5. The third-order valence-corrected chi connectivity index (χ3v) is 5.02. The van der Waals surface area contributed by atoms with Crippen molar-refractivity contribution >= 4 is 26.5 Å². The van der Waals surface area contributed by atoms with Crippen LogP contribution in [0.3, 0.4) is 0 Å². The molecule has 1 heterocycles. The van der Waals surface area contributed by atoms with Gasteiger partial charge in [0.15, 0.2) is 5.13 Å². The lowest BCUT2D eigenvalue weighted by atomic mass is 10.4. The number of hydrogen-bond donors (Lipinski definition) is 2. The van der Waals surface area contributed by atoms with Crippen LogP contribution in [-0.4, -0.2) is 31.7 Å². The highest BCUT2D eigenvalue weighted by Crippen LogP contribution is 2.22. The Morgan fingerprint density at radius 1 is 1.41 bits per heavy atom. The Bertz CT molecular complexity index is 472. The SMILES string of the molecule is Cc1nc(NS(=O)(=O)CCNC2CC2)sc1C. The molecule has 1 aliphatic carbocycles. The first-order valence-electron chi connectivity index (χ1n) is 5.64. The van der Waals surface area contributed by atoms with Crippen molar-refractivity contribution in [2.24, 2.45) is 0 Å². The van der Waals surface area contributed by atoms with E-state index in [0.717, 1.165) is 10.6 Å². The molecule has 2 N–H and O–H groups in total. The summed E-state index contributed by atoms with van der Waals surface area (Å²) in [7, 11) is -3.27. The molecule has 1 aromatic heterocycles. The summed E-state index contributed by atoms with van der Waals surface area (Å²) in [6, 6.07) is 0.537. The van der Waals surface area contributed by atoms with Gasteiger partial charge in [-0.05, 0) is 26.7 Å². The number of sulfonamides is 1. The molecule has 0 atom stereocenters. The number of aromatic nitrogens is 1. The lowest BCUT2D eigenvalue weighted by Gasteiger charge is -2.05. The van der Waals surface area contributed by atoms with Crippen molar-refractivity contribution in [2.75, 3.05) is 17.0 Å². The Kier molecular flexibility index (Phi) is 3.70. The van der Waals surface area contributed by atoms with E-state index in [4.69, 9.17) is 0 Å². The number of thiazole rings is 1. The van der Waals surface area contributed by atoms with Crippen LogP contribution < -0.4 is 10.0 Å². The average Bonchev–Trinajstić information content (AvgIpc) is 2.95. The van der Waals surface area contributed by atoms with Gasteiger partial charge < -0.3 is 5.32 Å². The minimum absolute atomic E-state index is 0.0984. The van der Waals surface area contributed by atoms with E-state index >= 15 is 0 Å². The van der Waals surface area contributed by atoms with Gasteiger partial charge in [0.1, 0.15) is 0 Å². The number of rotatable bonds is 6. The molecule has 7 heteroatoms. The Balaban J connectivity index is 1.86. The lowest BCUT2D eigenvalue weighted by Crippen LogP contribution is -2.27. The molecule has 0 aromatic carbocycles. The average molecular weight is 275 g/mol. The van der Waals surface area contributed by atoms with Gasteiger partial charge in [-0.2, -0.15) is 0 Å². The van der Waals surface area contributed by atoms with E-state index in [1.165, 1.54) is 24.2 Å². The third kappa shape index (κ3) is 3.93. The standard InChI is InChI=1S/C10H17N3O2S2/c1-7-8(2)16-10(12-7)13-17(14,15)6-5-11-9-3-4-9/h9,11H,3-6H2,1-2H3,(H,12,13). The zero-order valence-corrected chi connectivity index (χ0v) is 11.6. The van der Waals surface area contributed by atoms with Gasteiger partial charge in [-0.15, -0.1) is 11.3 Å². The molecule has 2 rings (SSSR count). The van der Waals surface area contributed by atoms with Crippen LogP contribution in [0.1, 0.15) is 23.4 Å². The molecule has 1 aromatic rings. The largest absolute Gasteiger partial charge is 0.313 e. The van der Waals surface area contributed by atoms with Gasteiger partial charge in [0.05, 0.1) is 11.4 Å². The molecular formula is C10H17N3O2S2. The fraction of sp³-hybridized carbons (Fsp3) is 0.700. The molecule has 17 heavy (non-hydrogen) atoms. The maximum Gasteiger partial charge on any atom is 0.235 e. The molecular weight excluding hydrogens is 258 g/mol. The second-order valence-electron chi connectivity index (χ2n) is 4.31. The van der Waals surface area contributed by atoms with Crippen LogP contribution in [0.25, 0.3) is 0 Å². The summed E-state index contributed by atoms with van der Waals surface area (Å²) in [4.78, 5) is 5.20. The second kappa shape index (κ2) is 4.91. The lowest BCUT2D eigenvalue weighted by molar-refractivity contribution is 0.595. The maximum absolute atomic E-state index is 11.7. The summed E-state index contributed by atoms with van der Waals surface area (Å²) in [6.45, 7) is 4.31. The molecule has 1 fully saturated rings. The minimum Gasteiger partial charge on any atom is -0.313 e. The van der Waals surface area contributed by atoms with E-state index in [-0.39, 0.29) is 5.75 Å². The van der Waals surface area contributed by atoms with Crippen LogP contribution in [0.4, 0.5) is 5.13 Å². The first kappa shape index (κ1) is 12.8. The fourth-order valence-electron chi connectivity index (χ4n) is 1.39. The summed E-state index contributed by atoms with van der Waals surface area (Å²) in [5.41, 5.74) is 0.879. The van der Waals surface area contributed by atoms with Crippen molar-refractivity contribution in [2.45, 2.75) is 32.7 Å². The molecule has 96 valence electrons. The molecule has 5 nitrogen and oxygen atoms in total. The van der Waals surface area contributed by atoms with Crippen molar-refractivity contribution in [3.63, 3.8) is 0 Å². The van der Waals surface area contributed by atoms with Crippen LogP contribution in [-0.2, 0) is 10.0 Å². The Labute approximate surface area is 106 Å². The Morgan fingerprint density at radius 3 is 2.65 bits per heavy atom. The van der Waals surface area contributed by atoms with Crippen molar-refractivity contribution < 1.29 is 8.42 Å². The van der Waals surface area contributed by atoms with Crippen LogP contribution in [0.5, 0.6) is 0 Å². The normalized spacial score (nSPS) is 16.1. The van der Waals surface area contributed by atoms with Gasteiger partial charge >= 0.3 is 0 Å². The van der Waals surface area contributed by atoms with Crippen molar-refractivity contribution in [1.29, 1.82) is 0 Å². The summed E-state index contributed by atoms with van der Waals surface area (Å²) < 4.78 is 26.0. The first-order valence-corrected chi connectivity index (χ1v) is 8.11. The highest BCUT2D eigenvalue weighted by Gasteiger charge is 2.21. The van der Waals surface area contributed by atoms with Crippen LogP contribution in [0.15, 0.2) is 0 Å². The molecule has 0 bridgehead atoms. The third-order valence-electron chi connectivity index (χ3n) is 2.65. The summed E-state index contributed by atoms with van der Waals surface area (Å²) >= 11 is 1.37. The Morgan fingerprint density at radius 2 is 2.12 bits per heavy atom. The zero-order chi connectivity index (χ0) is 12.5. The van der Waals surface area contributed by atoms with Gasteiger partial charge in [-0.1, -0.05) is 0 Å². The molecule has 0 radical (unpaired) electrons. The molecule has 0 aliphatic heterocycles. The Hall–Kier alpha value is -0.660. The highest BCUT2D eigenvalue weighted by atomic mass is 32.2. The molecule has 1 aliphatic rings. The predicted molar refractivity (Wildman–Crippen MR) is 70.0 cm³/mol. The minimum atomic E-state index is -3.27. The summed E-state index contributed by atoms with van der Waals surface area (Å²) in [5.74, 6) is 0.0984. The highest BCUT2D eigenvalue weighted by molar-refractivity contribution is 7.92. The van der Waals surface area contributed by atoms with E-state index in [0.29, 0.717) is 17.7 Å². The van der Waals surface area contributed by atoms with E-state index < -0.39 is 10.0 Å². The molecule has 1 saturated carbocycles. The van der Waals surface area contributed by atoms with E-state index in [1.54, 1.807) is 0 Å². The summed E-state index contributed by atoms with van der Waals surface area (Å²) in [5, 5.41) is 3.64. The molecule has 0 unspecified atom stereocenters. The maximum atomic E-state index is 11.7. The zero-order valence-electron chi connectivity index (χ0n) is 9.99. The monoisotopic (exact) mass is 275 g/mol. The van der Waals surface area contributed by atoms with Gasteiger partial charge in [0.25, 0.3) is 0 Å². The van der Waals surface area contributed by atoms with Crippen LogP contribution >= 0.6 is 11.3 Å². The smallest absolute Gasteiger partial charge is 0.235 e. The molecule has 0 spiro atoms. The number of nitrogens with zero attached hydrogens (tertiary/aromatic N) is 1. The molecule has 0 amide bonds. The van der Waals surface area contributed by atoms with E-state index in [9.17, 15) is 8.42 Å². The van der Waals surface area contributed by atoms with Crippen molar-refractivity contribution in [1.82, 2.24) is 10.3 Å². The topological polar surface area (TPSA) is 71.1 Å². The number of anilines is 1. The molecule has 0 saturated heterocycles. The second-order valence-corrected chi connectivity index (χ2v) is 7.36. The van der Waals surface area contributed by atoms with E-state index in [1.807, 2.05) is 13.8 Å². The van der Waals surface area contributed by atoms with E-state index in [2.05, 4.69) is 15.0 Å².